The molecule has 114 valence electrons. The third-order valence-electron chi connectivity index (χ3n) is 4.57. The van der Waals surface area contributed by atoms with Gasteiger partial charge in [-0.2, -0.15) is 0 Å². The molecule has 6 heteroatoms. The lowest BCUT2D eigenvalue weighted by molar-refractivity contribution is -0.129. The van der Waals surface area contributed by atoms with E-state index >= 15 is 0 Å². The molecule has 2 fully saturated rings. The van der Waals surface area contributed by atoms with Crippen LogP contribution in [0, 0.1) is 5.82 Å². The van der Waals surface area contributed by atoms with E-state index in [1.54, 1.807) is 11.8 Å². The highest BCUT2D eigenvalue weighted by atomic mass is 19.1. The van der Waals surface area contributed by atoms with Crippen LogP contribution in [0.5, 0.6) is 0 Å². The second-order valence-electron chi connectivity index (χ2n) is 6.02. The fourth-order valence-corrected chi connectivity index (χ4v) is 2.96. The number of hydrogen-bond acceptors (Lipinski definition) is 4. The molecule has 1 aliphatic carbocycles. The zero-order valence-electron chi connectivity index (χ0n) is 12.5. The Kier molecular flexibility index (Phi) is 3.78. The summed E-state index contributed by atoms with van der Waals surface area (Å²) < 4.78 is 14.5. The summed E-state index contributed by atoms with van der Waals surface area (Å²) in [7, 11) is 1.83. The number of anilines is 1. The van der Waals surface area contributed by atoms with Gasteiger partial charge in [0.05, 0.1) is 5.69 Å². The third kappa shape index (κ3) is 2.84. The fourth-order valence-electron chi connectivity index (χ4n) is 2.96. The van der Waals surface area contributed by atoms with Crippen LogP contribution in [-0.2, 0) is 4.79 Å². The van der Waals surface area contributed by atoms with E-state index in [1.807, 2.05) is 11.9 Å². The molecule has 0 aromatic carbocycles. The van der Waals surface area contributed by atoms with E-state index in [0.29, 0.717) is 11.5 Å². The Hall–Kier alpha value is -1.72. The van der Waals surface area contributed by atoms with Crippen molar-refractivity contribution in [3.8, 4) is 0 Å². The lowest BCUT2D eigenvalue weighted by Gasteiger charge is -2.37. The van der Waals surface area contributed by atoms with E-state index in [4.69, 9.17) is 0 Å². The van der Waals surface area contributed by atoms with Crippen molar-refractivity contribution in [2.24, 2.45) is 0 Å². The number of halogens is 1. The number of piperidine rings is 1. The van der Waals surface area contributed by atoms with E-state index in [1.165, 1.54) is 6.33 Å². The Balaban J connectivity index is 1.70. The first-order valence-electron chi connectivity index (χ1n) is 7.56. The van der Waals surface area contributed by atoms with Crippen molar-refractivity contribution in [3.63, 3.8) is 0 Å². The van der Waals surface area contributed by atoms with E-state index in [2.05, 4.69) is 9.97 Å². The lowest BCUT2D eigenvalue weighted by Crippen LogP contribution is -2.45. The van der Waals surface area contributed by atoms with Crippen LogP contribution in [0.25, 0.3) is 0 Å². The minimum Gasteiger partial charge on any atom is -0.354 e. The van der Waals surface area contributed by atoms with E-state index in [9.17, 15) is 9.18 Å². The summed E-state index contributed by atoms with van der Waals surface area (Å²) in [5.41, 5.74) is 0.572. The van der Waals surface area contributed by atoms with Gasteiger partial charge in [-0.25, -0.2) is 14.4 Å². The average molecular weight is 292 g/mol. The van der Waals surface area contributed by atoms with Crippen molar-refractivity contribution in [1.82, 2.24) is 14.9 Å². The standard InChI is InChI=1S/C15H21FN4O/c1-10(21)19(2)12-5-7-20(8-6-12)15-13(16)14(11-3-4-11)17-9-18-15/h9,11-12H,3-8H2,1-2H3. The molecule has 1 amide bonds. The molecule has 2 heterocycles. The van der Waals surface area contributed by atoms with Crippen LogP contribution in [0.1, 0.15) is 44.2 Å². The summed E-state index contributed by atoms with van der Waals surface area (Å²) in [5, 5.41) is 0. The minimum atomic E-state index is -0.252. The number of nitrogens with zero attached hydrogens (tertiary/aromatic N) is 4. The van der Waals surface area contributed by atoms with Crippen LogP contribution in [0.3, 0.4) is 0 Å². The summed E-state index contributed by atoms with van der Waals surface area (Å²) >= 11 is 0. The molecule has 5 nitrogen and oxygen atoms in total. The number of aromatic nitrogens is 2. The van der Waals surface area contributed by atoms with Gasteiger partial charge >= 0.3 is 0 Å². The summed E-state index contributed by atoms with van der Waals surface area (Å²) in [6.07, 6.45) is 5.22. The first-order valence-corrected chi connectivity index (χ1v) is 7.56. The van der Waals surface area contributed by atoms with Gasteiger partial charge < -0.3 is 9.80 Å². The Morgan fingerprint density at radius 3 is 2.52 bits per heavy atom. The van der Waals surface area contributed by atoms with Gasteiger partial charge in [-0.05, 0) is 25.7 Å². The van der Waals surface area contributed by atoms with Crippen molar-refractivity contribution in [2.75, 3.05) is 25.0 Å². The SMILES string of the molecule is CC(=O)N(C)C1CCN(c2ncnc(C3CC3)c2F)CC1. The molecule has 1 saturated heterocycles. The zero-order valence-corrected chi connectivity index (χ0v) is 12.5. The fraction of sp³-hybridized carbons (Fsp3) is 0.667. The molecule has 2 aliphatic rings. The molecule has 0 atom stereocenters. The van der Waals surface area contributed by atoms with Gasteiger partial charge in [-0.1, -0.05) is 0 Å². The Morgan fingerprint density at radius 1 is 1.29 bits per heavy atom. The largest absolute Gasteiger partial charge is 0.354 e. The Morgan fingerprint density at radius 2 is 1.95 bits per heavy atom. The molecule has 0 N–H and O–H groups in total. The molecule has 0 bridgehead atoms. The number of rotatable bonds is 3. The van der Waals surface area contributed by atoms with Crippen LogP contribution in [-0.4, -0.2) is 47.0 Å². The van der Waals surface area contributed by atoms with Crippen LogP contribution in [0.4, 0.5) is 10.2 Å². The topological polar surface area (TPSA) is 49.3 Å². The molecule has 1 saturated carbocycles. The summed E-state index contributed by atoms with van der Waals surface area (Å²) in [6.45, 7) is 3.03. The molecule has 0 unspecified atom stereocenters. The maximum atomic E-state index is 14.5. The number of amides is 1. The normalized spacial score (nSPS) is 19.7. The van der Waals surface area contributed by atoms with Crippen LogP contribution in [0.2, 0.25) is 0 Å². The molecule has 1 aromatic heterocycles. The zero-order chi connectivity index (χ0) is 15.0. The quantitative estimate of drug-likeness (QED) is 0.854. The van der Waals surface area contributed by atoms with Gasteiger partial charge in [0.2, 0.25) is 5.91 Å². The highest BCUT2D eigenvalue weighted by molar-refractivity contribution is 5.73. The summed E-state index contributed by atoms with van der Waals surface area (Å²) in [6, 6.07) is 0.242. The van der Waals surface area contributed by atoms with Crippen molar-refractivity contribution in [3.05, 3.63) is 17.8 Å². The third-order valence-corrected chi connectivity index (χ3v) is 4.57. The number of carbonyl (C=O) groups excluding carboxylic acids is 1. The van der Waals surface area contributed by atoms with Crippen molar-refractivity contribution < 1.29 is 9.18 Å². The monoisotopic (exact) mass is 292 g/mol. The minimum absolute atomic E-state index is 0.0812. The van der Waals surface area contributed by atoms with Gasteiger partial charge in [0, 0.05) is 39.0 Å². The number of hydrogen-bond donors (Lipinski definition) is 0. The second-order valence-corrected chi connectivity index (χ2v) is 6.02. The average Bonchev–Trinajstić information content (AvgIpc) is 3.31. The van der Waals surface area contributed by atoms with Crippen molar-refractivity contribution >= 4 is 11.7 Å². The highest BCUT2D eigenvalue weighted by Gasteiger charge is 2.32. The van der Waals surface area contributed by atoms with Gasteiger partial charge in [-0.15, -0.1) is 0 Å². The molecule has 0 spiro atoms. The highest BCUT2D eigenvalue weighted by Crippen LogP contribution is 2.41. The van der Waals surface area contributed by atoms with Crippen LogP contribution in [0.15, 0.2) is 6.33 Å². The maximum Gasteiger partial charge on any atom is 0.219 e. The molecule has 0 radical (unpaired) electrons. The smallest absolute Gasteiger partial charge is 0.219 e. The Labute approximate surface area is 124 Å². The summed E-state index contributed by atoms with van der Waals surface area (Å²) in [4.78, 5) is 23.4. The van der Waals surface area contributed by atoms with Crippen molar-refractivity contribution in [1.29, 1.82) is 0 Å². The van der Waals surface area contributed by atoms with Crippen molar-refractivity contribution in [2.45, 2.75) is 44.6 Å². The van der Waals surface area contributed by atoms with Crippen LogP contribution >= 0.6 is 0 Å². The van der Waals surface area contributed by atoms with Gasteiger partial charge in [-0.3, -0.25) is 4.79 Å². The molecular formula is C15H21FN4O. The van der Waals surface area contributed by atoms with Crippen LogP contribution < -0.4 is 4.90 Å². The van der Waals surface area contributed by atoms with E-state index in [0.717, 1.165) is 38.8 Å². The molecule has 3 rings (SSSR count). The predicted octanol–water partition coefficient (Wildman–Crippen LogP) is 1.94. The molecule has 21 heavy (non-hydrogen) atoms. The van der Waals surface area contributed by atoms with E-state index in [-0.39, 0.29) is 23.7 Å². The lowest BCUT2D eigenvalue weighted by atomic mass is 10.0. The second kappa shape index (κ2) is 5.58. The van der Waals surface area contributed by atoms with Gasteiger partial charge in [0.1, 0.15) is 6.33 Å². The van der Waals surface area contributed by atoms with Gasteiger partial charge in [0.15, 0.2) is 11.6 Å². The first-order chi connectivity index (χ1) is 10.1. The van der Waals surface area contributed by atoms with E-state index < -0.39 is 0 Å². The molecule has 1 aliphatic heterocycles. The summed E-state index contributed by atoms with van der Waals surface area (Å²) in [5.74, 6) is 0.542. The molecular weight excluding hydrogens is 271 g/mol. The first kappa shape index (κ1) is 14.2. The number of carbonyl (C=O) groups is 1. The maximum absolute atomic E-state index is 14.5. The Bertz CT molecular complexity index is 538. The predicted molar refractivity (Wildman–Crippen MR) is 77.6 cm³/mol. The van der Waals surface area contributed by atoms with Gasteiger partial charge in [0.25, 0.3) is 0 Å². The molecule has 1 aromatic rings.